The quantitative estimate of drug-likeness (QED) is 0.794. The second-order valence-electron chi connectivity index (χ2n) is 7.58. The van der Waals surface area contributed by atoms with E-state index < -0.39 is 0 Å². The number of carbonyl (C=O) groups is 2. The smallest absolute Gasteiger partial charge is 0.265 e. The lowest BCUT2D eigenvalue weighted by molar-refractivity contribution is -0.132. The normalized spacial score (nSPS) is 14.1. The number of fused-ring (bicyclic) bond motifs is 1. The predicted octanol–water partition coefficient (Wildman–Crippen LogP) is 3.36. The molecule has 0 bridgehead atoms. The molecule has 138 valence electrons. The van der Waals surface area contributed by atoms with Crippen molar-refractivity contribution in [1.82, 2.24) is 4.90 Å². The van der Waals surface area contributed by atoms with E-state index in [0.29, 0.717) is 11.4 Å². The van der Waals surface area contributed by atoms with Gasteiger partial charge in [-0.3, -0.25) is 14.5 Å². The van der Waals surface area contributed by atoms with E-state index in [1.165, 1.54) is 0 Å². The summed E-state index contributed by atoms with van der Waals surface area (Å²) in [5.74, 6) is 0.490. The van der Waals surface area contributed by atoms with Gasteiger partial charge in [-0.25, -0.2) is 0 Å². The summed E-state index contributed by atoms with van der Waals surface area (Å²) >= 11 is 0. The van der Waals surface area contributed by atoms with Crippen molar-refractivity contribution in [2.75, 3.05) is 31.1 Å². The molecule has 1 aliphatic rings. The number of ether oxygens (including phenoxy) is 1. The van der Waals surface area contributed by atoms with Crippen LogP contribution in [0.25, 0.3) is 0 Å². The Kier molecular flexibility index (Phi) is 6.09. The number of hydrogen-bond acceptors (Lipinski definition) is 3. The van der Waals surface area contributed by atoms with Crippen molar-refractivity contribution >= 4 is 17.5 Å². The summed E-state index contributed by atoms with van der Waals surface area (Å²) < 4.78 is 5.55. The van der Waals surface area contributed by atoms with E-state index in [1.807, 2.05) is 23.1 Å². The van der Waals surface area contributed by atoms with E-state index in [4.69, 9.17) is 4.74 Å². The molecule has 0 aliphatic carbocycles. The zero-order valence-corrected chi connectivity index (χ0v) is 16.1. The van der Waals surface area contributed by atoms with Crippen molar-refractivity contribution in [2.24, 2.45) is 0 Å². The van der Waals surface area contributed by atoms with Gasteiger partial charge in [0.15, 0.2) is 6.61 Å². The highest BCUT2D eigenvalue weighted by Crippen LogP contribution is 2.36. The fraction of sp³-hybridized carbons (Fsp3) is 0.600. The molecular weight excluding hydrogens is 316 g/mol. The van der Waals surface area contributed by atoms with Crippen LogP contribution < -0.4 is 9.64 Å². The second-order valence-corrected chi connectivity index (χ2v) is 7.58. The lowest BCUT2D eigenvalue weighted by Gasteiger charge is -2.32. The van der Waals surface area contributed by atoms with Crippen molar-refractivity contribution in [3.8, 4) is 5.75 Å². The molecule has 2 rings (SSSR count). The average molecular weight is 346 g/mol. The highest BCUT2D eigenvalue weighted by atomic mass is 16.5. The Balaban J connectivity index is 2.29. The molecule has 0 spiro atoms. The molecule has 0 fully saturated rings. The lowest BCUT2D eigenvalue weighted by Crippen LogP contribution is -2.47. The lowest BCUT2D eigenvalue weighted by atomic mass is 9.86. The Morgan fingerprint density at radius 1 is 1.20 bits per heavy atom. The van der Waals surface area contributed by atoms with Crippen LogP contribution in [0.3, 0.4) is 0 Å². The molecule has 0 atom stereocenters. The monoisotopic (exact) mass is 346 g/mol. The van der Waals surface area contributed by atoms with Crippen LogP contribution in [-0.2, 0) is 15.0 Å². The van der Waals surface area contributed by atoms with Gasteiger partial charge in [0.2, 0.25) is 5.91 Å². The highest BCUT2D eigenvalue weighted by molar-refractivity contribution is 6.02. The number of hydrogen-bond donors (Lipinski definition) is 0. The predicted molar refractivity (Wildman–Crippen MR) is 100 cm³/mol. The van der Waals surface area contributed by atoms with Gasteiger partial charge >= 0.3 is 0 Å². The van der Waals surface area contributed by atoms with Gasteiger partial charge in [-0.05, 0) is 36.0 Å². The molecule has 0 saturated carbocycles. The number of nitrogens with zero attached hydrogens (tertiary/aromatic N) is 2. The van der Waals surface area contributed by atoms with Crippen LogP contribution in [0.4, 0.5) is 5.69 Å². The van der Waals surface area contributed by atoms with Crippen LogP contribution in [0.15, 0.2) is 18.2 Å². The third kappa shape index (κ3) is 4.53. The Morgan fingerprint density at radius 2 is 1.84 bits per heavy atom. The van der Waals surface area contributed by atoms with Crippen LogP contribution in [0.5, 0.6) is 5.75 Å². The van der Waals surface area contributed by atoms with Gasteiger partial charge in [-0.2, -0.15) is 0 Å². The Bertz CT molecular complexity index is 628. The number of benzene rings is 1. The van der Waals surface area contributed by atoms with Crippen molar-refractivity contribution in [1.29, 1.82) is 0 Å². The van der Waals surface area contributed by atoms with E-state index in [-0.39, 0.29) is 30.4 Å². The van der Waals surface area contributed by atoms with Crippen LogP contribution >= 0.6 is 0 Å². The molecule has 1 heterocycles. The zero-order valence-electron chi connectivity index (χ0n) is 16.1. The van der Waals surface area contributed by atoms with Gasteiger partial charge in [0.25, 0.3) is 5.91 Å². The number of anilines is 1. The molecule has 5 heteroatoms. The first-order valence-corrected chi connectivity index (χ1v) is 9.13. The minimum Gasteiger partial charge on any atom is -0.482 e. The summed E-state index contributed by atoms with van der Waals surface area (Å²) in [5, 5.41) is 0. The summed E-state index contributed by atoms with van der Waals surface area (Å²) in [4.78, 5) is 28.6. The van der Waals surface area contributed by atoms with Crippen LogP contribution in [0, 0.1) is 0 Å². The molecule has 0 N–H and O–H groups in total. The maximum atomic E-state index is 12.7. The summed E-state index contributed by atoms with van der Waals surface area (Å²) in [7, 11) is 0. The van der Waals surface area contributed by atoms with Crippen molar-refractivity contribution in [2.45, 2.75) is 52.9 Å². The third-order valence-electron chi connectivity index (χ3n) is 4.40. The Hall–Kier alpha value is -2.04. The minimum atomic E-state index is -0.167. The second kappa shape index (κ2) is 7.89. The van der Waals surface area contributed by atoms with Crippen molar-refractivity contribution in [3.63, 3.8) is 0 Å². The molecule has 25 heavy (non-hydrogen) atoms. The van der Waals surface area contributed by atoms with E-state index in [0.717, 1.165) is 31.5 Å². The third-order valence-corrected chi connectivity index (χ3v) is 4.40. The first kappa shape index (κ1) is 19.3. The van der Waals surface area contributed by atoms with Gasteiger partial charge < -0.3 is 9.64 Å². The van der Waals surface area contributed by atoms with Crippen molar-refractivity contribution < 1.29 is 14.3 Å². The zero-order chi connectivity index (χ0) is 18.6. The van der Waals surface area contributed by atoms with Gasteiger partial charge in [0.05, 0.1) is 5.69 Å². The first-order chi connectivity index (χ1) is 11.8. The molecule has 2 amide bonds. The largest absolute Gasteiger partial charge is 0.482 e. The fourth-order valence-corrected chi connectivity index (χ4v) is 2.98. The van der Waals surface area contributed by atoms with Crippen LogP contribution in [0.2, 0.25) is 0 Å². The summed E-state index contributed by atoms with van der Waals surface area (Å²) in [6, 6.07) is 5.90. The van der Waals surface area contributed by atoms with Gasteiger partial charge in [0, 0.05) is 13.1 Å². The maximum absolute atomic E-state index is 12.7. The number of amides is 2. The molecule has 1 aromatic carbocycles. The molecule has 0 saturated heterocycles. The van der Waals surface area contributed by atoms with Gasteiger partial charge in [0.1, 0.15) is 12.3 Å². The van der Waals surface area contributed by atoms with E-state index in [2.05, 4.69) is 34.6 Å². The number of rotatable bonds is 6. The van der Waals surface area contributed by atoms with Gasteiger partial charge in [-0.15, -0.1) is 0 Å². The molecule has 0 radical (unpaired) electrons. The number of carbonyl (C=O) groups excluding carboxylic acids is 2. The summed E-state index contributed by atoms with van der Waals surface area (Å²) in [5.41, 5.74) is 1.77. The van der Waals surface area contributed by atoms with Crippen molar-refractivity contribution in [3.05, 3.63) is 23.8 Å². The van der Waals surface area contributed by atoms with E-state index in [1.54, 1.807) is 4.90 Å². The molecular formula is C20H30N2O3. The molecule has 1 aromatic rings. The van der Waals surface area contributed by atoms with E-state index in [9.17, 15) is 9.59 Å². The van der Waals surface area contributed by atoms with Crippen LogP contribution in [-0.4, -0.2) is 43.0 Å². The maximum Gasteiger partial charge on any atom is 0.265 e. The molecule has 5 nitrogen and oxygen atoms in total. The Labute approximate surface area is 150 Å². The SMILES string of the molecule is CCCN(CCC)C(=O)CN1C(=O)COc2ccc(C(C)(C)C)cc21. The molecule has 0 unspecified atom stereocenters. The molecule has 1 aliphatic heterocycles. The Morgan fingerprint density at radius 3 is 2.40 bits per heavy atom. The van der Waals surface area contributed by atoms with E-state index >= 15 is 0 Å². The van der Waals surface area contributed by atoms with Gasteiger partial charge in [-0.1, -0.05) is 40.7 Å². The van der Waals surface area contributed by atoms with Crippen LogP contribution in [0.1, 0.15) is 53.0 Å². The average Bonchev–Trinajstić information content (AvgIpc) is 2.56. The topological polar surface area (TPSA) is 49.9 Å². The summed E-state index contributed by atoms with van der Waals surface area (Å²) in [6.45, 7) is 12.0. The minimum absolute atomic E-state index is 0.00828. The highest BCUT2D eigenvalue weighted by Gasteiger charge is 2.30. The fourth-order valence-electron chi connectivity index (χ4n) is 2.98. The standard InChI is InChI=1S/C20H30N2O3/c1-6-10-21(11-7-2)18(23)13-22-16-12-15(20(3,4)5)8-9-17(16)25-14-19(22)24/h8-9,12H,6-7,10-11,13-14H2,1-5H3. The first-order valence-electron chi connectivity index (χ1n) is 9.13. The molecule has 0 aromatic heterocycles. The summed E-state index contributed by atoms with van der Waals surface area (Å²) in [6.07, 6.45) is 1.82.